The van der Waals surface area contributed by atoms with E-state index in [1.807, 2.05) is 0 Å². The van der Waals surface area contributed by atoms with Crippen LogP contribution in [0.25, 0.3) is 0 Å². The molecule has 0 aromatic carbocycles. The summed E-state index contributed by atoms with van der Waals surface area (Å²) in [4.78, 5) is 0. The minimum absolute atomic E-state index is 0.241. The van der Waals surface area contributed by atoms with Crippen molar-refractivity contribution in [1.82, 2.24) is 0 Å². The Balaban J connectivity index is 2.66. The van der Waals surface area contributed by atoms with Crippen molar-refractivity contribution in [2.45, 2.75) is 32.3 Å². The van der Waals surface area contributed by atoms with Gasteiger partial charge in [0.25, 0.3) is 0 Å². The van der Waals surface area contributed by atoms with Gasteiger partial charge in [-0.3, -0.25) is 4.18 Å². The molecule has 1 fully saturated rings. The average molecular weight is 269 g/mol. The maximum atomic E-state index is 10.4. The van der Waals surface area contributed by atoms with Gasteiger partial charge >= 0.3 is 0 Å². The van der Waals surface area contributed by atoms with E-state index in [0.717, 1.165) is 0 Å². The number of aliphatic hydroxyl groups is 1. The topological polar surface area (TPSA) is 105 Å². The van der Waals surface area contributed by atoms with E-state index >= 15 is 0 Å². The standard InChI is InChI=1S/C9H18O7S/c1-5-7(4-15-17(11,12)13)16-9(14-3)6(2)8(5)10/h5-10H,4H2,1-3H3,(H,11,12,13)/p-1. The van der Waals surface area contributed by atoms with E-state index in [-0.39, 0.29) is 11.8 Å². The summed E-state index contributed by atoms with van der Waals surface area (Å²) < 4.78 is 45.6. The Morgan fingerprint density at radius 2 is 1.94 bits per heavy atom. The highest BCUT2D eigenvalue weighted by Crippen LogP contribution is 2.30. The number of aliphatic hydroxyl groups excluding tert-OH is 1. The third-order valence-electron chi connectivity index (χ3n) is 3.01. The van der Waals surface area contributed by atoms with Gasteiger partial charge in [-0.15, -0.1) is 0 Å². The van der Waals surface area contributed by atoms with Gasteiger partial charge in [-0.2, -0.15) is 0 Å². The van der Waals surface area contributed by atoms with Gasteiger partial charge in [-0.25, -0.2) is 8.42 Å². The summed E-state index contributed by atoms with van der Waals surface area (Å²) in [5.74, 6) is -0.590. The molecule has 0 aliphatic carbocycles. The lowest BCUT2D eigenvalue weighted by Crippen LogP contribution is -2.51. The maximum absolute atomic E-state index is 10.4. The van der Waals surface area contributed by atoms with Crippen LogP contribution in [0.2, 0.25) is 0 Å². The number of methoxy groups -OCH3 is 1. The molecule has 1 rings (SSSR count). The molecule has 5 atom stereocenters. The minimum atomic E-state index is -4.75. The molecule has 0 amide bonds. The van der Waals surface area contributed by atoms with E-state index in [2.05, 4.69) is 4.18 Å². The summed E-state index contributed by atoms with van der Waals surface area (Å²) in [5, 5.41) is 9.90. The quantitative estimate of drug-likeness (QED) is 0.540. The molecule has 17 heavy (non-hydrogen) atoms. The van der Waals surface area contributed by atoms with Crippen molar-refractivity contribution in [3.8, 4) is 0 Å². The Labute approximate surface area is 101 Å². The van der Waals surface area contributed by atoms with Crippen LogP contribution in [0, 0.1) is 11.8 Å². The van der Waals surface area contributed by atoms with Crippen LogP contribution in [-0.2, 0) is 24.1 Å². The first-order valence-corrected chi connectivity index (χ1v) is 6.56. The van der Waals surface area contributed by atoms with Crippen LogP contribution >= 0.6 is 0 Å². The van der Waals surface area contributed by atoms with Crippen molar-refractivity contribution in [3.05, 3.63) is 0 Å². The molecule has 1 aliphatic rings. The van der Waals surface area contributed by atoms with Gasteiger partial charge < -0.3 is 19.1 Å². The maximum Gasteiger partial charge on any atom is 0.217 e. The van der Waals surface area contributed by atoms with E-state index in [1.54, 1.807) is 13.8 Å². The molecule has 1 N–H and O–H groups in total. The minimum Gasteiger partial charge on any atom is -0.726 e. The van der Waals surface area contributed by atoms with Gasteiger partial charge in [0.2, 0.25) is 10.4 Å². The first-order valence-electron chi connectivity index (χ1n) is 5.23. The Hall–Kier alpha value is -0.250. The Morgan fingerprint density at radius 1 is 1.35 bits per heavy atom. The second-order valence-electron chi connectivity index (χ2n) is 4.18. The van der Waals surface area contributed by atoms with Gasteiger partial charge in [0.1, 0.15) is 0 Å². The third kappa shape index (κ3) is 3.87. The van der Waals surface area contributed by atoms with Crippen molar-refractivity contribution < 1.29 is 31.7 Å². The van der Waals surface area contributed by atoms with Gasteiger partial charge in [0.15, 0.2) is 6.29 Å². The Bertz CT molecular complexity index is 339. The predicted molar refractivity (Wildman–Crippen MR) is 55.7 cm³/mol. The summed E-state index contributed by atoms with van der Waals surface area (Å²) >= 11 is 0. The van der Waals surface area contributed by atoms with Crippen molar-refractivity contribution >= 4 is 10.4 Å². The summed E-state index contributed by atoms with van der Waals surface area (Å²) in [5.41, 5.74) is 0. The summed E-state index contributed by atoms with van der Waals surface area (Å²) in [6.07, 6.45) is -2.06. The fourth-order valence-corrected chi connectivity index (χ4v) is 2.19. The molecular weight excluding hydrogens is 252 g/mol. The number of hydrogen-bond acceptors (Lipinski definition) is 7. The van der Waals surface area contributed by atoms with Crippen LogP contribution in [0.4, 0.5) is 0 Å². The lowest BCUT2D eigenvalue weighted by Gasteiger charge is -2.41. The van der Waals surface area contributed by atoms with E-state index in [1.165, 1.54) is 7.11 Å². The lowest BCUT2D eigenvalue weighted by atomic mass is 9.86. The summed E-state index contributed by atoms with van der Waals surface area (Å²) in [6, 6.07) is 0. The summed E-state index contributed by atoms with van der Waals surface area (Å²) in [6.45, 7) is 3.03. The van der Waals surface area contributed by atoms with E-state index in [0.29, 0.717) is 0 Å². The largest absolute Gasteiger partial charge is 0.726 e. The summed E-state index contributed by atoms with van der Waals surface area (Å²) in [7, 11) is -3.33. The second-order valence-corrected chi connectivity index (χ2v) is 5.23. The highest BCUT2D eigenvalue weighted by Gasteiger charge is 2.41. The monoisotopic (exact) mass is 269 g/mol. The molecule has 0 bridgehead atoms. The fourth-order valence-electron chi connectivity index (χ4n) is 1.89. The van der Waals surface area contributed by atoms with Crippen LogP contribution < -0.4 is 0 Å². The normalized spacial score (nSPS) is 39.2. The van der Waals surface area contributed by atoms with E-state index in [9.17, 15) is 18.1 Å². The second kappa shape index (κ2) is 5.59. The molecule has 5 unspecified atom stereocenters. The van der Waals surface area contributed by atoms with Crippen molar-refractivity contribution in [3.63, 3.8) is 0 Å². The molecule has 0 aromatic heterocycles. The molecule has 1 aliphatic heterocycles. The SMILES string of the molecule is COC1OC(COS(=O)(=O)[O-])C(C)C(O)C1C. The van der Waals surface area contributed by atoms with Crippen molar-refractivity contribution in [1.29, 1.82) is 0 Å². The molecule has 102 valence electrons. The van der Waals surface area contributed by atoms with E-state index in [4.69, 9.17) is 9.47 Å². The van der Waals surface area contributed by atoms with Gasteiger partial charge in [0, 0.05) is 18.9 Å². The molecule has 0 aromatic rings. The number of hydrogen-bond donors (Lipinski definition) is 1. The predicted octanol–water partition coefficient (Wildman–Crippen LogP) is -0.532. The zero-order valence-electron chi connectivity index (χ0n) is 9.90. The molecular formula is C9H17O7S-. The number of rotatable bonds is 4. The molecule has 1 heterocycles. The smallest absolute Gasteiger partial charge is 0.217 e. The Morgan fingerprint density at radius 3 is 2.41 bits per heavy atom. The first-order chi connectivity index (χ1) is 7.76. The van der Waals surface area contributed by atoms with Crippen LogP contribution in [0.1, 0.15) is 13.8 Å². The van der Waals surface area contributed by atoms with Gasteiger partial charge in [-0.05, 0) is 0 Å². The van der Waals surface area contributed by atoms with E-state index < -0.39 is 35.5 Å². The molecule has 8 heteroatoms. The third-order valence-corrected chi connectivity index (χ3v) is 3.44. The average Bonchev–Trinajstić information content (AvgIpc) is 2.24. The van der Waals surface area contributed by atoms with Gasteiger partial charge in [-0.1, -0.05) is 13.8 Å². The lowest BCUT2D eigenvalue weighted by molar-refractivity contribution is -0.257. The van der Waals surface area contributed by atoms with Gasteiger partial charge in [0.05, 0.1) is 18.8 Å². The van der Waals surface area contributed by atoms with Crippen LogP contribution in [0.15, 0.2) is 0 Å². The molecule has 7 nitrogen and oxygen atoms in total. The molecule has 0 saturated carbocycles. The van der Waals surface area contributed by atoms with Crippen LogP contribution in [-0.4, -0.2) is 50.3 Å². The zero-order chi connectivity index (χ0) is 13.2. The fraction of sp³-hybridized carbons (Fsp3) is 1.00. The highest BCUT2D eigenvalue weighted by atomic mass is 32.3. The zero-order valence-corrected chi connectivity index (χ0v) is 10.7. The van der Waals surface area contributed by atoms with Crippen LogP contribution in [0.5, 0.6) is 0 Å². The first kappa shape index (κ1) is 14.8. The molecule has 0 radical (unpaired) electrons. The van der Waals surface area contributed by atoms with Crippen LogP contribution in [0.3, 0.4) is 0 Å². The highest BCUT2D eigenvalue weighted by molar-refractivity contribution is 7.80. The van der Waals surface area contributed by atoms with Crippen molar-refractivity contribution in [2.24, 2.45) is 11.8 Å². The molecule has 1 saturated heterocycles. The number of ether oxygens (including phenoxy) is 2. The molecule has 0 spiro atoms. The van der Waals surface area contributed by atoms with Crippen molar-refractivity contribution in [2.75, 3.05) is 13.7 Å². The Kier molecular flexibility index (Phi) is 4.87.